The molecule has 1 amide bonds. The van der Waals surface area contributed by atoms with Crippen molar-refractivity contribution in [3.63, 3.8) is 0 Å². The number of amides is 1. The summed E-state index contributed by atoms with van der Waals surface area (Å²) in [7, 11) is 1.58. The van der Waals surface area contributed by atoms with Crippen molar-refractivity contribution in [3.8, 4) is 17.2 Å². The topological polar surface area (TPSA) is 56.8 Å². The second-order valence-electron chi connectivity index (χ2n) is 6.61. The first-order valence-corrected chi connectivity index (χ1v) is 10.2. The summed E-state index contributed by atoms with van der Waals surface area (Å²) in [5, 5.41) is 3.50. The van der Waals surface area contributed by atoms with Crippen LogP contribution in [0.25, 0.3) is 6.08 Å². The van der Waals surface area contributed by atoms with Crippen molar-refractivity contribution in [2.75, 3.05) is 19.0 Å². The molecule has 0 spiro atoms. The fraction of sp³-hybridized carbons (Fsp3) is 0.160. The maximum absolute atomic E-state index is 12.2. The Labute approximate surface area is 187 Å². The van der Waals surface area contributed by atoms with E-state index in [9.17, 15) is 4.79 Å². The van der Waals surface area contributed by atoms with Gasteiger partial charge in [-0.15, -0.1) is 0 Å². The van der Waals surface area contributed by atoms with Crippen molar-refractivity contribution in [2.45, 2.75) is 13.5 Å². The van der Waals surface area contributed by atoms with Crippen LogP contribution in [0.4, 0.5) is 5.69 Å². The zero-order chi connectivity index (χ0) is 22.1. The molecule has 0 saturated carbocycles. The van der Waals surface area contributed by atoms with E-state index >= 15 is 0 Å². The molecule has 5 nitrogen and oxygen atoms in total. The van der Waals surface area contributed by atoms with Gasteiger partial charge in [0, 0.05) is 16.8 Å². The number of nitrogens with one attached hydrogen (secondary N) is 1. The van der Waals surface area contributed by atoms with Crippen LogP contribution in [0.3, 0.4) is 0 Å². The molecule has 1 N–H and O–H groups in total. The molecule has 31 heavy (non-hydrogen) atoms. The van der Waals surface area contributed by atoms with Crippen molar-refractivity contribution in [2.24, 2.45) is 0 Å². The quantitative estimate of drug-likeness (QED) is 0.418. The highest BCUT2D eigenvalue weighted by atomic mass is 35.5. The molecule has 3 aromatic rings. The number of carbonyl (C=O) groups is 1. The van der Waals surface area contributed by atoms with Gasteiger partial charge in [-0.3, -0.25) is 4.79 Å². The predicted octanol–water partition coefficient (Wildman–Crippen LogP) is 5.98. The van der Waals surface area contributed by atoms with Crippen LogP contribution >= 0.6 is 11.6 Å². The van der Waals surface area contributed by atoms with Crippen LogP contribution < -0.4 is 19.5 Å². The molecule has 0 saturated heterocycles. The lowest BCUT2D eigenvalue weighted by atomic mass is 10.2. The molecule has 0 aliphatic carbocycles. The van der Waals surface area contributed by atoms with Gasteiger partial charge in [-0.25, -0.2) is 0 Å². The molecule has 3 rings (SSSR count). The molecule has 0 heterocycles. The van der Waals surface area contributed by atoms with E-state index in [0.29, 0.717) is 35.4 Å². The summed E-state index contributed by atoms with van der Waals surface area (Å²) in [5.74, 6) is 1.74. The van der Waals surface area contributed by atoms with Crippen molar-refractivity contribution < 1.29 is 19.0 Å². The number of rotatable bonds is 9. The Morgan fingerprint density at radius 1 is 0.968 bits per heavy atom. The average Bonchev–Trinajstić information content (AvgIpc) is 2.79. The highest BCUT2D eigenvalue weighted by molar-refractivity contribution is 6.30. The Bertz CT molecular complexity index is 1030. The van der Waals surface area contributed by atoms with Crippen LogP contribution in [0, 0.1) is 0 Å². The molecule has 0 bridgehead atoms. The Balaban J connectivity index is 1.59. The lowest BCUT2D eigenvalue weighted by Crippen LogP contribution is -2.07. The van der Waals surface area contributed by atoms with Gasteiger partial charge in [0.2, 0.25) is 5.91 Å². The van der Waals surface area contributed by atoms with Gasteiger partial charge in [-0.2, -0.15) is 0 Å². The molecule has 0 atom stereocenters. The van der Waals surface area contributed by atoms with E-state index in [4.69, 9.17) is 25.8 Å². The van der Waals surface area contributed by atoms with Crippen LogP contribution in [0.2, 0.25) is 5.02 Å². The maximum atomic E-state index is 12.2. The standard InChI is InChI=1S/C25H24ClNO4/c1-3-30-22-12-10-21(11-13-22)27-25(28)15-7-18-6-14-23(24(16-18)29-2)31-17-19-4-8-20(26)9-5-19/h4-16H,3,17H2,1-2H3,(H,27,28). The maximum Gasteiger partial charge on any atom is 0.248 e. The largest absolute Gasteiger partial charge is 0.494 e. The smallest absolute Gasteiger partial charge is 0.248 e. The minimum absolute atomic E-state index is 0.230. The summed E-state index contributed by atoms with van der Waals surface area (Å²) in [6.07, 6.45) is 3.19. The molecule has 0 radical (unpaired) electrons. The minimum atomic E-state index is -0.230. The van der Waals surface area contributed by atoms with Gasteiger partial charge in [-0.05, 0) is 72.7 Å². The molecular formula is C25H24ClNO4. The lowest BCUT2D eigenvalue weighted by molar-refractivity contribution is -0.111. The summed E-state index contributed by atoms with van der Waals surface area (Å²) in [5.41, 5.74) is 2.51. The van der Waals surface area contributed by atoms with Crippen LogP contribution in [0.15, 0.2) is 72.8 Å². The lowest BCUT2D eigenvalue weighted by Gasteiger charge is -2.11. The van der Waals surface area contributed by atoms with Gasteiger partial charge >= 0.3 is 0 Å². The summed E-state index contributed by atoms with van der Waals surface area (Å²) in [6.45, 7) is 2.92. The zero-order valence-corrected chi connectivity index (χ0v) is 18.2. The molecule has 0 aliphatic rings. The first kappa shape index (κ1) is 22.2. The number of hydrogen-bond donors (Lipinski definition) is 1. The molecule has 0 unspecified atom stereocenters. The monoisotopic (exact) mass is 437 g/mol. The molecule has 160 valence electrons. The molecular weight excluding hydrogens is 414 g/mol. The van der Waals surface area contributed by atoms with Crippen molar-refractivity contribution in [3.05, 3.63) is 89.0 Å². The Morgan fingerprint density at radius 2 is 1.71 bits per heavy atom. The summed E-state index contributed by atoms with van der Waals surface area (Å²) >= 11 is 5.91. The second-order valence-corrected chi connectivity index (χ2v) is 7.04. The van der Waals surface area contributed by atoms with E-state index in [2.05, 4.69) is 5.32 Å². The fourth-order valence-electron chi connectivity index (χ4n) is 2.81. The van der Waals surface area contributed by atoms with Crippen LogP contribution in [-0.4, -0.2) is 19.6 Å². The van der Waals surface area contributed by atoms with Crippen molar-refractivity contribution >= 4 is 29.3 Å². The van der Waals surface area contributed by atoms with Crippen LogP contribution in [-0.2, 0) is 11.4 Å². The highest BCUT2D eigenvalue weighted by Crippen LogP contribution is 2.29. The Kier molecular flexibility index (Phi) is 7.96. The Morgan fingerprint density at radius 3 is 2.39 bits per heavy atom. The van der Waals surface area contributed by atoms with Crippen molar-refractivity contribution in [1.82, 2.24) is 0 Å². The summed E-state index contributed by atoms with van der Waals surface area (Å²) < 4.78 is 16.7. The zero-order valence-electron chi connectivity index (χ0n) is 17.4. The fourth-order valence-corrected chi connectivity index (χ4v) is 2.93. The number of halogens is 1. The third kappa shape index (κ3) is 6.79. The van der Waals surface area contributed by atoms with Gasteiger partial charge in [0.05, 0.1) is 13.7 Å². The number of ether oxygens (including phenoxy) is 3. The SMILES string of the molecule is CCOc1ccc(NC(=O)C=Cc2ccc(OCc3ccc(Cl)cc3)c(OC)c2)cc1. The van der Waals surface area contributed by atoms with E-state index in [1.807, 2.05) is 61.5 Å². The number of anilines is 1. The summed E-state index contributed by atoms with van der Waals surface area (Å²) in [6, 6.07) is 20.2. The van der Waals surface area contributed by atoms with E-state index in [1.54, 1.807) is 25.3 Å². The molecule has 6 heteroatoms. The molecule has 3 aromatic carbocycles. The molecule has 0 fully saturated rings. The summed E-state index contributed by atoms with van der Waals surface area (Å²) in [4.78, 5) is 12.2. The number of hydrogen-bond acceptors (Lipinski definition) is 4. The minimum Gasteiger partial charge on any atom is -0.494 e. The van der Waals surface area contributed by atoms with E-state index in [0.717, 1.165) is 16.9 Å². The van der Waals surface area contributed by atoms with Gasteiger partial charge in [0.1, 0.15) is 12.4 Å². The van der Waals surface area contributed by atoms with Crippen LogP contribution in [0.5, 0.6) is 17.2 Å². The first-order valence-electron chi connectivity index (χ1n) is 9.84. The number of carbonyl (C=O) groups excluding carboxylic acids is 1. The number of methoxy groups -OCH3 is 1. The van der Waals surface area contributed by atoms with E-state index in [1.165, 1.54) is 6.08 Å². The third-order valence-corrected chi connectivity index (χ3v) is 4.61. The first-order chi connectivity index (χ1) is 15.1. The molecule has 0 aliphatic heterocycles. The third-order valence-electron chi connectivity index (χ3n) is 4.36. The van der Waals surface area contributed by atoms with Gasteiger partial charge in [0.15, 0.2) is 11.5 Å². The van der Waals surface area contributed by atoms with Gasteiger partial charge in [0.25, 0.3) is 0 Å². The van der Waals surface area contributed by atoms with E-state index < -0.39 is 0 Å². The van der Waals surface area contributed by atoms with Gasteiger partial charge in [-0.1, -0.05) is 29.8 Å². The average molecular weight is 438 g/mol. The predicted molar refractivity (Wildman–Crippen MR) is 124 cm³/mol. The Hall–Kier alpha value is -3.44. The number of benzene rings is 3. The van der Waals surface area contributed by atoms with Crippen molar-refractivity contribution in [1.29, 1.82) is 0 Å². The second kappa shape index (κ2) is 11.1. The highest BCUT2D eigenvalue weighted by Gasteiger charge is 2.06. The van der Waals surface area contributed by atoms with Gasteiger partial charge < -0.3 is 19.5 Å². The van der Waals surface area contributed by atoms with E-state index in [-0.39, 0.29) is 5.91 Å². The molecule has 0 aromatic heterocycles. The van der Waals surface area contributed by atoms with Crippen LogP contribution in [0.1, 0.15) is 18.1 Å². The normalized spacial score (nSPS) is 10.7.